The Labute approximate surface area is 104 Å². The van der Waals surface area contributed by atoms with Gasteiger partial charge in [0, 0.05) is 23.1 Å². The minimum atomic E-state index is -0.0200. The van der Waals surface area contributed by atoms with Crippen molar-refractivity contribution in [3.8, 4) is 0 Å². The van der Waals surface area contributed by atoms with Gasteiger partial charge in [-0.15, -0.1) is 11.8 Å². The molecule has 5 heteroatoms. The highest BCUT2D eigenvalue weighted by Gasteiger charge is 2.01. The highest BCUT2D eigenvalue weighted by molar-refractivity contribution is 8.00. The Morgan fingerprint density at radius 2 is 2.06 bits per heavy atom. The Morgan fingerprint density at radius 1 is 1.38 bits per heavy atom. The van der Waals surface area contributed by atoms with Gasteiger partial charge in [-0.2, -0.15) is 0 Å². The second-order valence-corrected chi connectivity index (χ2v) is 4.65. The zero-order valence-electron chi connectivity index (χ0n) is 8.78. The fourth-order valence-corrected chi connectivity index (χ4v) is 1.89. The van der Waals surface area contributed by atoms with E-state index in [0.717, 1.165) is 4.90 Å². The van der Waals surface area contributed by atoms with Crippen molar-refractivity contribution in [2.75, 3.05) is 18.9 Å². The first kappa shape index (κ1) is 13.4. The first-order chi connectivity index (χ1) is 7.72. The molecule has 0 aliphatic carbocycles. The molecule has 0 aromatic heterocycles. The molecule has 0 unspecified atom stereocenters. The van der Waals surface area contributed by atoms with Gasteiger partial charge in [0.05, 0.1) is 5.75 Å². The number of nitrogens with one attached hydrogen (secondary N) is 1. The van der Waals surface area contributed by atoms with Crippen LogP contribution in [0.5, 0.6) is 0 Å². The summed E-state index contributed by atoms with van der Waals surface area (Å²) in [4.78, 5) is 12.3. The average Bonchev–Trinajstić information content (AvgIpc) is 2.29. The van der Waals surface area contributed by atoms with Crippen molar-refractivity contribution in [2.24, 2.45) is 0 Å². The van der Waals surface area contributed by atoms with Crippen molar-refractivity contribution in [1.82, 2.24) is 5.32 Å². The third kappa shape index (κ3) is 5.39. The van der Waals surface area contributed by atoms with Gasteiger partial charge in [0.15, 0.2) is 0 Å². The first-order valence-corrected chi connectivity index (χ1v) is 6.34. The van der Waals surface area contributed by atoms with Crippen LogP contribution in [0.1, 0.15) is 6.42 Å². The largest absolute Gasteiger partial charge is 0.396 e. The highest BCUT2D eigenvalue weighted by atomic mass is 35.5. The quantitative estimate of drug-likeness (QED) is 0.606. The molecule has 0 aliphatic rings. The van der Waals surface area contributed by atoms with E-state index in [0.29, 0.717) is 23.7 Å². The van der Waals surface area contributed by atoms with Gasteiger partial charge in [-0.05, 0) is 30.7 Å². The summed E-state index contributed by atoms with van der Waals surface area (Å²) in [7, 11) is 0. The number of carbonyl (C=O) groups is 1. The molecule has 3 nitrogen and oxygen atoms in total. The molecule has 0 saturated heterocycles. The lowest BCUT2D eigenvalue weighted by molar-refractivity contribution is -0.118. The second-order valence-electron chi connectivity index (χ2n) is 3.17. The fraction of sp³-hybridized carbons (Fsp3) is 0.364. The van der Waals surface area contributed by atoms with Crippen LogP contribution < -0.4 is 5.32 Å². The van der Waals surface area contributed by atoms with Crippen LogP contribution in [0.4, 0.5) is 0 Å². The van der Waals surface area contributed by atoms with E-state index in [4.69, 9.17) is 16.7 Å². The molecule has 1 aromatic carbocycles. The van der Waals surface area contributed by atoms with E-state index in [1.165, 1.54) is 11.8 Å². The molecular formula is C11H14ClNO2S. The lowest BCUT2D eigenvalue weighted by atomic mass is 10.4. The molecule has 1 amide bonds. The maximum Gasteiger partial charge on any atom is 0.230 e. The average molecular weight is 260 g/mol. The van der Waals surface area contributed by atoms with Crippen LogP contribution in [0.25, 0.3) is 0 Å². The SMILES string of the molecule is O=C(CSc1ccc(Cl)cc1)NCCCO. The normalized spacial score (nSPS) is 10.1. The number of aliphatic hydroxyl groups is 1. The molecule has 16 heavy (non-hydrogen) atoms. The third-order valence-electron chi connectivity index (χ3n) is 1.84. The van der Waals surface area contributed by atoms with Gasteiger partial charge in [0.2, 0.25) is 5.91 Å². The van der Waals surface area contributed by atoms with Crippen molar-refractivity contribution in [3.63, 3.8) is 0 Å². The van der Waals surface area contributed by atoms with E-state index >= 15 is 0 Å². The summed E-state index contributed by atoms with van der Waals surface area (Å²) < 4.78 is 0. The predicted molar refractivity (Wildman–Crippen MR) is 66.9 cm³/mol. The summed E-state index contributed by atoms with van der Waals surface area (Å²) in [5, 5.41) is 12.0. The number of benzene rings is 1. The molecule has 0 bridgehead atoms. The smallest absolute Gasteiger partial charge is 0.230 e. The Bertz CT molecular complexity index is 329. The lowest BCUT2D eigenvalue weighted by Crippen LogP contribution is -2.26. The zero-order chi connectivity index (χ0) is 11.8. The maximum atomic E-state index is 11.3. The maximum absolute atomic E-state index is 11.3. The van der Waals surface area contributed by atoms with Gasteiger partial charge in [-0.3, -0.25) is 4.79 Å². The van der Waals surface area contributed by atoms with Crippen molar-refractivity contribution in [3.05, 3.63) is 29.3 Å². The molecule has 0 saturated carbocycles. The minimum absolute atomic E-state index is 0.0200. The summed E-state index contributed by atoms with van der Waals surface area (Å²) in [5.41, 5.74) is 0. The van der Waals surface area contributed by atoms with Gasteiger partial charge in [-0.25, -0.2) is 0 Å². The van der Waals surface area contributed by atoms with E-state index < -0.39 is 0 Å². The van der Waals surface area contributed by atoms with Crippen LogP contribution in [0.15, 0.2) is 29.2 Å². The number of rotatable bonds is 6. The molecule has 0 fully saturated rings. The summed E-state index contributed by atoms with van der Waals surface area (Å²) in [5.74, 6) is 0.362. The van der Waals surface area contributed by atoms with Gasteiger partial charge in [0.1, 0.15) is 0 Å². The number of amides is 1. The minimum Gasteiger partial charge on any atom is -0.396 e. The number of carbonyl (C=O) groups excluding carboxylic acids is 1. The molecule has 0 radical (unpaired) electrons. The Balaban J connectivity index is 2.23. The number of hydrogen-bond acceptors (Lipinski definition) is 3. The Hall–Kier alpha value is -0.710. The molecule has 0 aliphatic heterocycles. The number of halogens is 1. The van der Waals surface area contributed by atoms with E-state index in [1.54, 1.807) is 12.1 Å². The third-order valence-corrected chi connectivity index (χ3v) is 3.10. The molecule has 0 spiro atoms. The van der Waals surface area contributed by atoms with Crippen molar-refractivity contribution in [2.45, 2.75) is 11.3 Å². The number of hydrogen-bond donors (Lipinski definition) is 2. The summed E-state index contributed by atoms with van der Waals surface area (Å²) >= 11 is 7.21. The van der Waals surface area contributed by atoms with Gasteiger partial charge >= 0.3 is 0 Å². The highest BCUT2D eigenvalue weighted by Crippen LogP contribution is 2.19. The molecule has 1 rings (SSSR count). The van der Waals surface area contributed by atoms with Gasteiger partial charge in [0.25, 0.3) is 0 Å². The van der Waals surface area contributed by atoms with Crippen LogP contribution in [0.2, 0.25) is 5.02 Å². The van der Waals surface area contributed by atoms with E-state index in [-0.39, 0.29) is 12.5 Å². The van der Waals surface area contributed by atoms with Gasteiger partial charge in [-0.1, -0.05) is 11.6 Å². The van der Waals surface area contributed by atoms with Crippen LogP contribution in [-0.2, 0) is 4.79 Å². The molecule has 0 atom stereocenters. The summed E-state index contributed by atoms with van der Waals surface area (Å²) in [6.45, 7) is 0.626. The summed E-state index contributed by atoms with van der Waals surface area (Å²) in [6, 6.07) is 7.36. The van der Waals surface area contributed by atoms with E-state index in [2.05, 4.69) is 5.32 Å². The van der Waals surface area contributed by atoms with E-state index in [1.807, 2.05) is 12.1 Å². The number of thioether (sulfide) groups is 1. The van der Waals surface area contributed by atoms with Crippen molar-refractivity contribution >= 4 is 29.3 Å². The molecular weight excluding hydrogens is 246 g/mol. The standard InChI is InChI=1S/C11H14ClNO2S/c12-9-2-4-10(5-3-9)16-8-11(15)13-6-1-7-14/h2-5,14H,1,6-8H2,(H,13,15). The molecule has 1 aromatic rings. The van der Waals surface area contributed by atoms with Crippen LogP contribution >= 0.6 is 23.4 Å². The van der Waals surface area contributed by atoms with Crippen LogP contribution in [0, 0.1) is 0 Å². The monoisotopic (exact) mass is 259 g/mol. The zero-order valence-corrected chi connectivity index (χ0v) is 10.4. The number of aliphatic hydroxyl groups excluding tert-OH is 1. The van der Waals surface area contributed by atoms with Gasteiger partial charge < -0.3 is 10.4 Å². The predicted octanol–water partition coefficient (Wildman–Crippen LogP) is 1.93. The molecule has 0 heterocycles. The van der Waals surface area contributed by atoms with Crippen LogP contribution in [-0.4, -0.2) is 29.9 Å². The lowest BCUT2D eigenvalue weighted by Gasteiger charge is -2.03. The molecule has 88 valence electrons. The van der Waals surface area contributed by atoms with Crippen molar-refractivity contribution in [1.29, 1.82) is 0 Å². The summed E-state index contributed by atoms with van der Waals surface area (Å²) in [6.07, 6.45) is 0.595. The van der Waals surface area contributed by atoms with E-state index in [9.17, 15) is 4.79 Å². The second kappa shape index (κ2) is 7.54. The first-order valence-electron chi connectivity index (χ1n) is 4.98. The molecule has 2 N–H and O–H groups in total. The van der Waals surface area contributed by atoms with Crippen LogP contribution in [0.3, 0.4) is 0 Å². The fourth-order valence-electron chi connectivity index (χ4n) is 1.04. The Kier molecular flexibility index (Phi) is 6.30. The van der Waals surface area contributed by atoms with Crippen molar-refractivity contribution < 1.29 is 9.90 Å². The Morgan fingerprint density at radius 3 is 2.69 bits per heavy atom. The topological polar surface area (TPSA) is 49.3 Å².